The predicted octanol–water partition coefficient (Wildman–Crippen LogP) is 4.58. The molecule has 0 bridgehead atoms. The number of aryl methyl sites for hydroxylation is 1. The fourth-order valence-corrected chi connectivity index (χ4v) is 2.75. The molecule has 0 unspecified atom stereocenters. The fourth-order valence-electron chi connectivity index (χ4n) is 2.75. The topological polar surface area (TPSA) is 51.6 Å². The Kier molecular flexibility index (Phi) is 4.01. The standard InChI is InChI=1S/C21H16N4/c1-15-19(8-5-13-22-15)16-9-11-18(12-10-16)21-24-14-23-20(25-21)17-6-3-2-4-7-17/h2-14H,1H3. The van der Waals surface area contributed by atoms with Gasteiger partial charge in [0.2, 0.25) is 0 Å². The molecule has 2 aromatic carbocycles. The normalized spacial score (nSPS) is 10.6. The second kappa shape index (κ2) is 6.61. The lowest BCUT2D eigenvalue weighted by Gasteiger charge is -2.07. The molecule has 2 heterocycles. The summed E-state index contributed by atoms with van der Waals surface area (Å²) in [4.78, 5) is 17.5. The van der Waals surface area contributed by atoms with Crippen LogP contribution in [0, 0.1) is 6.92 Å². The predicted molar refractivity (Wildman–Crippen MR) is 98.7 cm³/mol. The third kappa shape index (κ3) is 3.15. The molecule has 0 amide bonds. The van der Waals surface area contributed by atoms with Gasteiger partial charge >= 0.3 is 0 Å². The first-order valence-corrected chi connectivity index (χ1v) is 8.08. The molecule has 0 saturated heterocycles. The van der Waals surface area contributed by atoms with Crippen molar-refractivity contribution in [3.8, 4) is 33.9 Å². The fraction of sp³-hybridized carbons (Fsp3) is 0.0476. The van der Waals surface area contributed by atoms with Crippen molar-refractivity contribution in [2.24, 2.45) is 0 Å². The van der Waals surface area contributed by atoms with Crippen LogP contribution in [0.2, 0.25) is 0 Å². The summed E-state index contributed by atoms with van der Waals surface area (Å²) >= 11 is 0. The number of rotatable bonds is 3. The largest absolute Gasteiger partial charge is 0.261 e. The van der Waals surface area contributed by atoms with Gasteiger partial charge < -0.3 is 0 Å². The molecular weight excluding hydrogens is 308 g/mol. The Morgan fingerprint density at radius 1 is 0.600 bits per heavy atom. The maximum atomic E-state index is 4.60. The van der Waals surface area contributed by atoms with Gasteiger partial charge in [-0.1, -0.05) is 60.7 Å². The number of hydrogen-bond donors (Lipinski definition) is 0. The van der Waals surface area contributed by atoms with Crippen molar-refractivity contribution in [3.63, 3.8) is 0 Å². The highest BCUT2D eigenvalue weighted by atomic mass is 15.0. The smallest absolute Gasteiger partial charge is 0.163 e. The third-order valence-electron chi connectivity index (χ3n) is 4.06. The summed E-state index contributed by atoms with van der Waals surface area (Å²) in [7, 11) is 0. The van der Waals surface area contributed by atoms with Gasteiger partial charge in [0.1, 0.15) is 6.33 Å². The van der Waals surface area contributed by atoms with Crippen molar-refractivity contribution < 1.29 is 0 Å². The average molecular weight is 324 g/mol. The molecule has 4 nitrogen and oxygen atoms in total. The first-order chi connectivity index (χ1) is 12.3. The molecule has 0 radical (unpaired) electrons. The zero-order valence-corrected chi connectivity index (χ0v) is 13.8. The van der Waals surface area contributed by atoms with Gasteiger partial charge in [0.05, 0.1) is 0 Å². The maximum absolute atomic E-state index is 4.60. The number of benzene rings is 2. The van der Waals surface area contributed by atoms with E-state index in [0.717, 1.165) is 27.9 Å². The lowest BCUT2D eigenvalue weighted by molar-refractivity contribution is 1.07. The molecule has 2 aromatic heterocycles. The second-order valence-electron chi connectivity index (χ2n) is 5.71. The molecule has 25 heavy (non-hydrogen) atoms. The van der Waals surface area contributed by atoms with Gasteiger partial charge in [-0.25, -0.2) is 15.0 Å². The summed E-state index contributed by atoms with van der Waals surface area (Å²) in [5.41, 5.74) is 5.22. The highest BCUT2D eigenvalue weighted by Gasteiger charge is 2.07. The Balaban J connectivity index is 1.68. The van der Waals surface area contributed by atoms with Crippen LogP contribution in [0.4, 0.5) is 0 Å². The van der Waals surface area contributed by atoms with Gasteiger partial charge in [0, 0.05) is 28.6 Å². The van der Waals surface area contributed by atoms with Gasteiger partial charge in [-0.2, -0.15) is 0 Å². The van der Waals surface area contributed by atoms with Crippen molar-refractivity contribution >= 4 is 0 Å². The van der Waals surface area contributed by atoms with E-state index in [4.69, 9.17) is 0 Å². The Labute approximate surface area is 146 Å². The highest BCUT2D eigenvalue weighted by molar-refractivity contribution is 5.69. The van der Waals surface area contributed by atoms with Crippen LogP contribution in [0.25, 0.3) is 33.9 Å². The molecule has 0 aliphatic heterocycles. The number of nitrogens with zero attached hydrogens (tertiary/aromatic N) is 4. The van der Waals surface area contributed by atoms with Crippen LogP contribution in [0.15, 0.2) is 79.3 Å². The minimum absolute atomic E-state index is 0.670. The molecule has 0 fully saturated rings. The van der Waals surface area contributed by atoms with Crippen LogP contribution in [-0.4, -0.2) is 19.9 Å². The van der Waals surface area contributed by atoms with E-state index in [2.05, 4.69) is 38.1 Å². The molecule has 4 aromatic rings. The number of aromatic nitrogens is 4. The summed E-state index contributed by atoms with van der Waals surface area (Å²) in [6.07, 6.45) is 3.37. The molecule has 0 aliphatic rings. The molecule has 0 spiro atoms. The average Bonchev–Trinajstić information content (AvgIpc) is 2.69. The Morgan fingerprint density at radius 2 is 1.24 bits per heavy atom. The maximum Gasteiger partial charge on any atom is 0.163 e. The zero-order valence-electron chi connectivity index (χ0n) is 13.8. The van der Waals surface area contributed by atoms with Crippen LogP contribution < -0.4 is 0 Å². The van der Waals surface area contributed by atoms with Gasteiger partial charge in [-0.05, 0) is 18.6 Å². The summed E-state index contributed by atoms with van der Waals surface area (Å²) in [5, 5.41) is 0. The Bertz CT molecular complexity index is 996. The first kappa shape index (κ1) is 15.1. The second-order valence-corrected chi connectivity index (χ2v) is 5.71. The minimum Gasteiger partial charge on any atom is -0.261 e. The van der Waals surface area contributed by atoms with Crippen molar-refractivity contribution in [2.75, 3.05) is 0 Å². The van der Waals surface area contributed by atoms with Gasteiger partial charge in [-0.15, -0.1) is 0 Å². The van der Waals surface area contributed by atoms with E-state index >= 15 is 0 Å². The van der Waals surface area contributed by atoms with Crippen LogP contribution in [0.5, 0.6) is 0 Å². The van der Waals surface area contributed by atoms with E-state index in [1.807, 2.05) is 61.7 Å². The quantitative estimate of drug-likeness (QED) is 0.553. The number of hydrogen-bond acceptors (Lipinski definition) is 4. The van der Waals surface area contributed by atoms with Gasteiger partial charge in [-0.3, -0.25) is 4.98 Å². The van der Waals surface area contributed by atoms with E-state index in [1.54, 1.807) is 6.33 Å². The lowest BCUT2D eigenvalue weighted by Crippen LogP contribution is -1.95. The molecule has 120 valence electrons. The molecule has 0 aliphatic carbocycles. The summed E-state index contributed by atoms with van der Waals surface area (Å²) in [5.74, 6) is 1.35. The third-order valence-corrected chi connectivity index (χ3v) is 4.06. The summed E-state index contributed by atoms with van der Waals surface area (Å²) in [6, 6.07) is 22.2. The minimum atomic E-state index is 0.670. The molecule has 0 atom stereocenters. The van der Waals surface area contributed by atoms with Gasteiger partial charge in [0.15, 0.2) is 11.6 Å². The monoisotopic (exact) mass is 324 g/mol. The van der Waals surface area contributed by atoms with E-state index in [1.165, 1.54) is 0 Å². The number of pyridine rings is 1. The summed E-state index contributed by atoms with van der Waals surface area (Å²) < 4.78 is 0. The van der Waals surface area contributed by atoms with Crippen LogP contribution in [0.3, 0.4) is 0 Å². The Morgan fingerprint density at radius 3 is 1.92 bits per heavy atom. The zero-order chi connectivity index (χ0) is 17.1. The van der Waals surface area contributed by atoms with Crippen LogP contribution in [0.1, 0.15) is 5.69 Å². The SMILES string of the molecule is Cc1ncccc1-c1ccc(-c2ncnc(-c3ccccc3)n2)cc1. The summed E-state index contributed by atoms with van der Waals surface area (Å²) in [6.45, 7) is 2.02. The van der Waals surface area contributed by atoms with Crippen molar-refractivity contribution in [1.82, 2.24) is 19.9 Å². The molecule has 4 heteroatoms. The van der Waals surface area contributed by atoms with E-state index < -0.39 is 0 Å². The lowest BCUT2D eigenvalue weighted by atomic mass is 10.0. The molecule has 4 rings (SSSR count). The van der Waals surface area contributed by atoms with Crippen molar-refractivity contribution in [3.05, 3.63) is 84.9 Å². The Hall–Kier alpha value is -3.40. The molecular formula is C21H16N4. The van der Waals surface area contributed by atoms with E-state index in [-0.39, 0.29) is 0 Å². The van der Waals surface area contributed by atoms with E-state index in [9.17, 15) is 0 Å². The van der Waals surface area contributed by atoms with Crippen LogP contribution in [-0.2, 0) is 0 Å². The molecule has 0 saturated carbocycles. The molecule has 0 N–H and O–H groups in total. The first-order valence-electron chi connectivity index (χ1n) is 8.08. The van der Waals surface area contributed by atoms with Gasteiger partial charge in [0.25, 0.3) is 0 Å². The van der Waals surface area contributed by atoms with Crippen LogP contribution >= 0.6 is 0 Å². The van der Waals surface area contributed by atoms with Crippen molar-refractivity contribution in [1.29, 1.82) is 0 Å². The van der Waals surface area contributed by atoms with E-state index in [0.29, 0.717) is 11.6 Å². The highest BCUT2D eigenvalue weighted by Crippen LogP contribution is 2.25. The van der Waals surface area contributed by atoms with Crippen molar-refractivity contribution in [2.45, 2.75) is 6.92 Å².